The summed E-state index contributed by atoms with van der Waals surface area (Å²) in [4.78, 5) is 30.5. The summed E-state index contributed by atoms with van der Waals surface area (Å²) in [6.07, 6.45) is 1.59. The molecule has 0 N–H and O–H groups in total. The smallest absolute Gasteiger partial charge is 0.219 e. The van der Waals surface area contributed by atoms with Gasteiger partial charge >= 0.3 is 0 Å². The lowest BCUT2D eigenvalue weighted by Crippen LogP contribution is -2.10. The van der Waals surface area contributed by atoms with Gasteiger partial charge in [-0.3, -0.25) is 9.59 Å². The highest BCUT2D eigenvalue weighted by molar-refractivity contribution is 6.16. The number of carbonyl (C=O) groups is 2. The van der Waals surface area contributed by atoms with E-state index >= 15 is 0 Å². The Labute approximate surface area is 168 Å². The molecule has 0 saturated heterocycles. The van der Waals surface area contributed by atoms with Gasteiger partial charge in [0.25, 0.3) is 0 Å². The second-order valence-electron chi connectivity index (χ2n) is 6.34. The molecule has 3 aromatic carbocycles. The summed E-state index contributed by atoms with van der Waals surface area (Å²) >= 11 is 0. The number of aromatic nitrogens is 1. The largest absolute Gasteiger partial charge is 0.437 e. The van der Waals surface area contributed by atoms with Gasteiger partial charge in [0.05, 0.1) is 11.1 Å². The second-order valence-corrected chi connectivity index (χ2v) is 6.34. The number of hydrogen-bond donors (Lipinski definition) is 0. The summed E-state index contributed by atoms with van der Waals surface area (Å²) in [6.45, 7) is 0. The van der Waals surface area contributed by atoms with E-state index in [9.17, 15) is 9.59 Å². The first-order valence-electron chi connectivity index (χ1n) is 9.15. The standard InChI is InChI=1S/C25H17NO3/c27-23(18-10-3-1-4-11-18)20-14-9-15-21(24(28)19-12-5-2-6-13-19)25(20)29-22-16-7-8-17-26-22/h1-17H. The molecule has 4 heteroatoms. The summed E-state index contributed by atoms with van der Waals surface area (Å²) in [5.41, 5.74) is 1.65. The Morgan fingerprint density at radius 3 is 1.59 bits per heavy atom. The fourth-order valence-corrected chi connectivity index (χ4v) is 3.01. The molecular weight excluding hydrogens is 362 g/mol. The Hall–Kier alpha value is -4.05. The van der Waals surface area contributed by atoms with Crippen LogP contribution >= 0.6 is 0 Å². The van der Waals surface area contributed by atoms with Gasteiger partial charge in [-0.2, -0.15) is 0 Å². The Morgan fingerprint density at radius 1 is 0.586 bits per heavy atom. The van der Waals surface area contributed by atoms with Gasteiger partial charge in [0.15, 0.2) is 17.3 Å². The lowest BCUT2D eigenvalue weighted by Gasteiger charge is -2.14. The van der Waals surface area contributed by atoms with Gasteiger partial charge in [-0.15, -0.1) is 0 Å². The zero-order chi connectivity index (χ0) is 20.1. The average Bonchev–Trinajstić information content (AvgIpc) is 2.80. The third kappa shape index (κ3) is 3.96. The number of carbonyl (C=O) groups excluding carboxylic acids is 2. The highest BCUT2D eigenvalue weighted by atomic mass is 16.5. The number of rotatable bonds is 6. The number of ketones is 2. The molecule has 0 saturated carbocycles. The van der Waals surface area contributed by atoms with Crippen molar-refractivity contribution in [3.63, 3.8) is 0 Å². The van der Waals surface area contributed by atoms with Crippen LogP contribution in [-0.2, 0) is 0 Å². The summed E-state index contributed by atoms with van der Waals surface area (Å²) in [5, 5.41) is 0. The van der Waals surface area contributed by atoms with Crippen LogP contribution in [0.3, 0.4) is 0 Å². The van der Waals surface area contributed by atoms with Gasteiger partial charge in [-0.05, 0) is 18.2 Å². The van der Waals surface area contributed by atoms with Crippen LogP contribution < -0.4 is 4.74 Å². The van der Waals surface area contributed by atoms with Gasteiger partial charge in [0.1, 0.15) is 0 Å². The molecular formula is C25H17NO3. The molecule has 0 aliphatic carbocycles. The molecule has 1 aromatic heterocycles. The van der Waals surface area contributed by atoms with Crippen molar-refractivity contribution in [2.45, 2.75) is 0 Å². The fraction of sp³-hybridized carbons (Fsp3) is 0. The Bertz CT molecular complexity index is 1070. The average molecular weight is 379 g/mol. The minimum atomic E-state index is -0.223. The first-order chi connectivity index (χ1) is 14.2. The van der Waals surface area contributed by atoms with E-state index in [0.717, 1.165) is 0 Å². The van der Waals surface area contributed by atoms with Crippen LogP contribution in [0.2, 0.25) is 0 Å². The van der Waals surface area contributed by atoms with Crippen molar-refractivity contribution in [1.29, 1.82) is 0 Å². The SMILES string of the molecule is O=C(c1ccccc1)c1cccc(C(=O)c2ccccc2)c1Oc1ccccn1. The molecule has 4 nitrogen and oxygen atoms in total. The van der Waals surface area contributed by atoms with E-state index in [2.05, 4.69) is 4.98 Å². The van der Waals surface area contributed by atoms with E-state index in [4.69, 9.17) is 4.74 Å². The summed E-state index contributed by atoms with van der Waals surface area (Å²) in [6, 6.07) is 28.1. The van der Waals surface area contributed by atoms with Crippen LogP contribution in [0, 0.1) is 0 Å². The minimum absolute atomic E-state index is 0.203. The third-order valence-corrected chi connectivity index (χ3v) is 4.42. The highest BCUT2D eigenvalue weighted by Gasteiger charge is 2.23. The van der Waals surface area contributed by atoms with Crippen molar-refractivity contribution in [1.82, 2.24) is 4.98 Å². The van der Waals surface area contributed by atoms with E-state index < -0.39 is 0 Å². The molecule has 1 heterocycles. The van der Waals surface area contributed by atoms with Crippen molar-refractivity contribution < 1.29 is 14.3 Å². The van der Waals surface area contributed by atoms with Crippen LogP contribution in [0.25, 0.3) is 0 Å². The number of benzene rings is 3. The molecule has 140 valence electrons. The van der Waals surface area contributed by atoms with Crippen LogP contribution in [-0.4, -0.2) is 16.6 Å². The molecule has 4 aromatic rings. The lowest BCUT2D eigenvalue weighted by atomic mass is 9.96. The van der Waals surface area contributed by atoms with E-state index in [1.807, 2.05) is 12.1 Å². The maximum Gasteiger partial charge on any atom is 0.219 e. The topological polar surface area (TPSA) is 56.3 Å². The van der Waals surface area contributed by atoms with Crippen molar-refractivity contribution >= 4 is 11.6 Å². The van der Waals surface area contributed by atoms with E-state index in [1.54, 1.807) is 91.1 Å². The van der Waals surface area contributed by atoms with Crippen molar-refractivity contribution in [2.75, 3.05) is 0 Å². The molecule has 0 spiro atoms. The molecule has 0 radical (unpaired) electrons. The summed E-state index contributed by atoms with van der Waals surface area (Å²) in [5.74, 6) is 0.0651. The summed E-state index contributed by atoms with van der Waals surface area (Å²) < 4.78 is 5.97. The molecule has 0 fully saturated rings. The zero-order valence-corrected chi connectivity index (χ0v) is 15.5. The number of nitrogens with zero attached hydrogens (tertiary/aromatic N) is 1. The zero-order valence-electron chi connectivity index (χ0n) is 15.5. The Balaban J connectivity index is 1.85. The molecule has 0 bridgehead atoms. The van der Waals surface area contributed by atoms with Crippen LogP contribution in [0.1, 0.15) is 31.8 Å². The van der Waals surface area contributed by atoms with Crippen molar-refractivity contribution in [3.05, 3.63) is 126 Å². The van der Waals surface area contributed by atoms with E-state index in [1.165, 1.54) is 0 Å². The highest BCUT2D eigenvalue weighted by Crippen LogP contribution is 2.32. The minimum Gasteiger partial charge on any atom is -0.437 e. The molecule has 4 rings (SSSR count). The normalized spacial score (nSPS) is 10.3. The van der Waals surface area contributed by atoms with Crippen LogP contribution in [0.4, 0.5) is 0 Å². The van der Waals surface area contributed by atoms with Crippen molar-refractivity contribution in [3.8, 4) is 11.6 Å². The van der Waals surface area contributed by atoms with E-state index in [0.29, 0.717) is 28.1 Å². The van der Waals surface area contributed by atoms with Gasteiger partial charge in [-0.25, -0.2) is 4.98 Å². The Kier molecular flexibility index (Phi) is 5.25. The fourth-order valence-electron chi connectivity index (χ4n) is 3.01. The molecule has 0 atom stereocenters. The maximum absolute atomic E-state index is 13.2. The van der Waals surface area contributed by atoms with Gasteiger partial charge in [0, 0.05) is 23.4 Å². The molecule has 0 unspecified atom stereocenters. The van der Waals surface area contributed by atoms with Gasteiger partial charge < -0.3 is 4.74 Å². The molecule has 0 aliphatic heterocycles. The number of para-hydroxylation sites is 1. The van der Waals surface area contributed by atoms with Gasteiger partial charge in [-0.1, -0.05) is 72.8 Å². The molecule has 0 amide bonds. The molecule has 29 heavy (non-hydrogen) atoms. The first-order valence-corrected chi connectivity index (χ1v) is 9.15. The maximum atomic E-state index is 13.2. The predicted molar refractivity (Wildman–Crippen MR) is 111 cm³/mol. The first kappa shape index (κ1) is 18.3. The second kappa shape index (κ2) is 8.31. The van der Waals surface area contributed by atoms with Crippen LogP contribution in [0.15, 0.2) is 103 Å². The predicted octanol–water partition coefficient (Wildman–Crippen LogP) is 5.34. The van der Waals surface area contributed by atoms with Crippen LogP contribution in [0.5, 0.6) is 11.6 Å². The summed E-state index contributed by atoms with van der Waals surface area (Å²) in [7, 11) is 0. The third-order valence-electron chi connectivity index (χ3n) is 4.42. The number of ether oxygens (including phenoxy) is 1. The lowest BCUT2D eigenvalue weighted by molar-refractivity contribution is 0.103. The van der Waals surface area contributed by atoms with Gasteiger partial charge in [0.2, 0.25) is 5.88 Å². The monoisotopic (exact) mass is 379 g/mol. The number of pyridine rings is 1. The Morgan fingerprint density at radius 2 is 1.10 bits per heavy atom. The number of hydrogen-bond acceptors (Lipinski definition) is 4. The van der Waals surface area contributed by atoms with E-state index in [-0.39, 0.29) is 17.3 Å². The quantitative estimate of drug-likeness (QED) is 0.425. The van der Waals surface area contributed by atoms with Crippen molar-refractivity contribution in [2.24, 2.45) is 0 Å². The molecule has 0 aliphatic rings.